The molecule has 2 aromatic rings. The Morgan fingerprint density at radius 3 is 2.46 bits per heavy atom. The van der Waals surface area contributed by atoms with Crippen LogP contribution in [-0.2, 0) is 21.4 Å². The van der Waals surface area contributed by atoms with Gasteiger partial charge in [0.2, 0.25) is 15.9 Å². The van der Waals surface area contributed by atoms with Crippen LogP contribution >= 0.6 is 0 Å². The van der Waals surface area contributed by atoms with Gasteiger partial charge in [-0.3, -0.25) is 9.48 Å². The average Bonchev–Trinajstić information content (AvgIpc) is 2.92. The van der Waals surface area contributed by atoms with Crippen molar-refractivity contribution in [1.29, 1.82) is 0 Å². The smallest absolute Gasteiger partial charge is 0.246 e. The first-order valence-corrected chi connectivity index (χ1v) is 10.4. The lowest BCUT2D eigenvalue weighted by atomic mass is 10.2. The van der Waals surface area contributed by atoms with Gasteiger partial charge in [0.25, 0.3) is 0 Å². The number of hydrogen-bond acceptors (Lipinski definition) is 4. The van der Waals surface area contributed by atoms with E-state index in [1.165, 1.54) is 15.1 Å². The molecule has 1 saturated heterocycles. The van der Waals surface area contributed by atoms with Crippen LogP contribution in [0.1, 0.15) is 30.7 Å². The van der Waals surface area contributed by atoms with Gasteiger partial charge in [-0.1, -0.05) is 6.42 Å². The summed E-state index contributed by atoms with van der Waals surface area (Å²) in [7, 11) is -3.68. The molecule has 0 saturated carbocycles. The zero-order chi connectivity index (χ0) is 20.5. The second-order valence-electron chi connectivity index (χ2n) is 6.80. The van der Waals surface area contributed by atoms with Crippen molar-refractivity contribution in [3.05, 3.63) is 41.2 Å². The highest BCUT2D eigenvalue weighted by Gasteiger charge is 2.32. The van der Waals surface area contributed by atoms with Gasteiger partial charge in [-0.25, -0.2) is 17.2 Å². The van der Waals surface area contributed by atoms with Crippen molar-refractivity contribution in [2.75, 3.05) is 18.4 Å². The van der Waals surface area contributed by atoms with E-state index in [1.807, 2.05) is 0 Å². The normalized spacial score (nSPS) is 15.6. The van der Waals surface area contributed by atoms with Gasteiger partial charge >= 0.3 is 0 Å². The standard InChI is InChI=1S/C18H22F2N4O3S/c1-12-18(28(26,27)23-8-4-3-5-9-23)13(2)24(22-12)11-17(25)21-14-6-7-15(19)16(20)10-14/h6-7,10H,3-5,8-9,11H2,1-2H3,(H,21,25). The van der Waals surface area contributed by atoms with Gasteiger partial charge in [-0.15, -0.1) is 0 Å². The van der Waals surface area contributed by atoms with Crippen molar-refractivity contribution in [1.82, 2.24) is 14.1 Å². The summed E-state index contributed by atoms with van der Waals surface area (Å²) in [5.41, 5.74) is 0.791. The monoisotopic (exact) mass is 412 g/mol. The lowest BCUT2D eigenvalue weighted by Crippen LogP contribution is -2.36. The molecule has 1 N–H and O–H groups in total. The Labute approximate surface area is 162 Å². The largest absolute Gasteiger partial charge is 0.324 e. The van der Waals surface area contributed by atoms with Crippen LogP contribution in [0.2, 0.25) is 0 Å². The fraction of sp³-hybridized carbons (Fsp3) is 0.444. The van der Waals surface area contributed by atoms with E-state index in [-0.39, 0.29) is 17.1 Å². The van der Waals surface area contributed by atoms with Crippen LogP contribution in [0.4, 0.5) is 14.5 Å². The summed E-state index contributed by atoms with van der Waals surface area (Å²) >= 11 is 0. The summed E-state index contributed by atoms with van der Waals surface area (Å²) < 4.78 is 55.0. The fourth-order valence-corrected chi connectivity index (χ4v) is 5.24. The van der Waals surface area contributed by atoms with E-state index in [9.17, 15) is 22.0 Å². The van der Waals surface area contributed by atoms with Crippen LogP contribution in [0.15, 0.2) is 23.1 Å². The molecule has 0 atom stereocenters. The summed E-state index contributed by atoms with van der Waals surface area (Å²) in [6, 6.07) is 3.03. The molecular formula is C18H22F2N4O3S. The highest BCUT2D eigenvalue weighted by molar-refractivity contribution is 7.89. The van der Waals surface area contributed by atoms with Crippen molar-refractivity contribution < 1.29 is 22.0 Å². The second kappa shape index (κ2) is 7.96. The van der Waals surface area contributed by atoms with Crippen LogP contribution in [0.5, 0.6) is 0 Å². The Morgan fingerprint density at radius 1 is 1.14 bits per heavy atom. The van der Waals surface area contributed by atoms with E-state index in [0.717, 1.165) is 31.4 Å². The number of anilines is 1. The number of halogens is 2. The Kier molecular flexibility index (Phi) is 5.80. The molecule has 1 aliphatic heterocycles. The number of sulfonamides is 1. The number of nitrogens with one attached hydrogen (secondary N) is 1. The molecule has 1 amide bonds. The molecule has 152 valence electrons. The minimum absolute atomic E-state index is 0.103. The van der Waals surface area contributed by atoms with E-state index in [0.29, 0.717) is 24.5 Å². The number of hydrogen-bond donors (Lipinski definition) is 1. The highest BCUT2D eigenvalue weighted by Crippen LogP contribution is 2.26. The van der Waals surface area contributed by atoms with Crippen molar-refractivity contribution in [3.63, 3.8) is 0 Å². The molecule has 7 nitrogen and oxygen atoms in total. The molecule has 10 heteroatoms. The molecule has 3 rings (SSSR count). The van der Waals surface area contributed by atoms with Crippen molar-refractivity contribution in [2.45, 2.75) is 44.6 Å². The fourth-order valence-electron chi connectivity index (χ4n) is 3.35. The third-order valence-corrected chi connectivity index (χ3v) is 6.88. The highest BCUT2D eigenvalue weighted by atomic mass is 32.2. The van der Waals surface area contributed by atoms with E-state index in [1.54, 1.807) is 13.8 Å². The molecule has 0 bridgehead atoms. The van der Waals surface area contributed by atoms with Gasteiger partial charge < -0.3 is 5.32 Å². The van der Waals surface area contributed by atoms with Crippen LogP contribution in [0.3, 0.4) is 0 Å². The molecule has 1 aromatic heterocycles. The van der Waals surface area contributed by atoms with Gasteiger partial charge in [0.15, 0.2) is 11.6 Å². The predicted molar refractivity (Wildman–Crippen MR) is 99.3 cm³/mol. The minimum atomic E-state index is -3.68. The molecule has 0 unspecified atom stereocenters. The van der Waals surface area contributed by atoms with Crippen LogP contribution < -0.4 is 5.32 Å². The summed E-state index contributed by atoms with van der Waals surface area (Å²) in [4.78, 5) is 12.4. The maximum atomic E-state index is 13.3. The topological polar surface area (TPSA) is 84.3 Å². The third kappa shape index (κ3) is 4.07. The van der Waals surface area contributed by atoms with Crippen molar-refractivity contribution >= 4 is 21.6 Å². The quantitative estimate of drug-likeness (QED) is 0.818. The molecule has 28 heavy (non-hydrogen) atoms. The van der Waals surface area contributed by atoms with Crippen LogP contribution in [-0.4, -0.2) is 41.5 Å². The number of carbonyl (C=O) groups is 1. The first-order valence-electron chi connectivity index (χ1n) is 8.99. The van der Waals surface area contributed by atoms with Crippen molar-refractivity contribution in [2.24, 2.45) is 0 Å². The molecule has 2 heterocycles. The molecule has 1 aromatic carbocycles. The summed E-state index contributed by atoms with van der Waals surface area (Å²) in [5, 5.41) is 6.65. The number of carbonyl (C=O) groups excluding carboxylic acids is 1. The number of aromatic nitrogens is 2. The maximum absolute atomic E-state index is 13.3. The summed E-state index contributed by atoms with van der Waals surface area (Å²) in [6.07, 6.45) is 2.65. The number of amides is 1. The summed E-state index contributed by atoms with van der Waals surface area (Å²) in [6.45, 7) is 3.89. The third-order valence-electron chi connectivity index (χ3n) is 4.72. The van der Waals surface area contributed by atoms with E-state index in [2.05, 4.69) is 10.4 Å². The second-order valence-corrected chi connectivity index (χ2v) is 8.67. The van der Waals surface area contributed by atoms with Gasteiger partial charge in [0.1, 0.15) is 11.4 Å². The van der Waals surface area contributed by atoms with Gasteiger partial charge in [0.05, 0.1) is 11.4 Å². The number of aryl methyl sites for hydroxylation is 1. The molecule has 1 fully saturated rings. The zero-order valence-corrected chi connectivity index (χ0v) is 16.5. The van der Waals surface area contributed by atoms with Gasteiger partial charge in [-0.05, 0) is 38.8 Å². The van der Waals surface area contributed by atoms with Crippen LogP contribution in [0.25, 0.3) is 0 Å². The predicted octanol–water partition coefficient (Wildman–Crippen LogP) is 2.59. The van der Waals surface area contributed by atoms with E-state index >= 15 is 0 Å². The first kappa shape index (κ1) is 20.4. The average molecular weight is 412 g/mol. The number of piperidine rings is 1. The van der Waals surface area contributed by atoms with E-state index < -0.39 is 27.6 Å². The zero-order valence-electron chi connectivity index (χ0n) is 15.7. The number of nitrogens with zero attached hydrogens (tertiary/aromatic N) is 3. The number of benzene rings is 1. The van der Waals surface area contributed by atoms with E-state index in [4.69, 9.17) is 0 Å². The maximum Gasteiger partial charge on any atom is 0.246 e. The molecular weight excluding hydrogens is 390 g/mol. The first-order chi connectivity index (χ1) is 13.2. The number of rotatable bonds is 5. The lowest BCUT2D eigenvalue weighted by Gasteiger charge is -2.25. The SMILES string of the molecule is Cc1nn(CC(=O)Nc2ccc(F)c(F)c2)c(C)c1S(=O)(=O)N1CCCCC1. The van der Waals surface area contributed by atoms with Gasteiger partial charge in [0, 0.05) is 24.8 Å². The molecule has 0 spiro atoms. The molecule has 0 aliphatic carbocycles. The Morgan fingerprint density at radius 2 is 1.82 bits per heavy atom. The Bertz CT molecular complexity index is 998. The Balaban J connectivity index is 1.79. The van der Waals surface area contributed by atoms with Gasteiger partial charge in [-0.2, -0.15) is 9.40 Å². The minimum Gasteiger partial charge on any atom is -0.324 e. The molecule has 0 radical (unpaired) electrons. The lowest BCUT2D eigenvalue weighted by molar-refractivity contribution is -0.116. The van der Waals surface area contributed by atoms with Crippen molar-refractivity contribution in [3.8, 4) is 0 Å². The Hall–Kier alpha value is -2.33. The van der Waals surface area contributed by atoms with Crippen LogP contribution in [0, 0.1) is 25.5 Å². The molecule has 1 aliphatic rings. The summed E-state index contributed by atoms with van der Waals surface area (Å²) in [5.74, 6) is -2.61.